The number of halogens is 1. The Morgan fingerprint density at radius 2 is 2.21 bits per heavy atom. The summed E-state index contributed by atoms with van der Waals surface area (Å²) in [6.07, 6.45) is 1.79. The van der Waals surface area contributed by atoms with Gasteiger partial charge in [0.15, 0.2) is 0 Å². The van der Waals surface area contributed by atoms with Crippen molar-refractivity contribution in [3.8, 4) is 0 Å². The van der Waals surface area contributed by atoms with Crippen molar-refractivity contribution < 1.29 is 8.42 Å². The van der Waals surface area contributed by atoms with Crippen LogP contribution in [0.25, 0.3) is 0 Å². The SMILES string of the molecule is CNC[C@H]1CCCN1S(=O)(=O)c1cc(C)ccc1Cl. The molecule has 0 bridgehead atoms. The largest absolute Gasteiger partial charge is 0.318 e. The number of nitrogens with zero attached hydrogens (tertiary/aromatic N) is 1. The van der Waals surface area contributed by atoms with Crippen LogP contribution in [0.5, 0.6) is 0 Å². The maximum atomic E-state index is 12.7. The molecule has 19 heavy (non-hydrogen) atoms. The predicted molar refractivity (Wildman–Crippen MR) is 77.0 cm³/mol. The van der Waals surface area contributed by atoms with Gasteiger partial charge < -0.3 is 5.32 Å². The number of hydrogen-bond acceptors (Lipinski definition) is 3. The van der Waals surface area contributed by atoms with Gasteiger partial charge in [0.05, 0.1) is 5.02 Å². The fourth-order valence-electron chi connectivity index (χ4n) is 2.50. The molecule has 1 atom stereocenters. The first-order valence-electron chi connectivity index (χ1n) is 6.39. The molecule has 0 aromatic heterocycles. The smallest absolute Gasteiger partial charge is 0.244 e. The maximum absolute atomic E-state index is 12.7. The van der Waals surface area contributed by atoms with Gasteiger partial charge in [-0.05, 0) is 44.5 Å². The van der Waals surface area contributed by atoms with Crippen LogP contribution in [0.3, 0.4) is 0 Å². The minimum absolute atomic E-state index is 0.0200. The summed E-state index contributed by atoms with van der Waals surface area (Å²) >= 11 is 6.06. The lowest BCUT2D eigenvalue weighted by Crippen LogP contribution is -2.40. The molecule has 1 aromatic carbocycles. The monoisotopic (exact) mass is 302 g/mol. The van der Waals surface area contributed by atoms with Crippen LogP contribution in [0.1, 0.15) is 18.4 Å². The summed E-state index contributed by atoms with van der Waals surface area (Å²) in [7, 11) is -1.67. The minimum Gasteiger partial charge on any atom is -0.318 e. The van der Waals surface area contributed by atoms with E-state index in [1.54, 1.807) is 16.4 Å². The van der Waals surface area contributed by atoms with Crippen LogP contribution >= 0.6 is 11.6 Å². The van der Waals surface area contributed by atoms with Gasteiger partial charge in [0.1, 0.15) is 4.90 Å². The van der Waals surface area contributed by atoms with Crippen molar-refractivity contribution in [1.82, 2.24) is 9.62 Å². The maximum Gasteiger partial charge on any atom is 0.244 e. The topological polar surface area (TPSA) is 49.4 Å². The van der Waals surface area contributed by atoms with Crippen molar-refractivity contribution in [2.75, 3.05) is 20.1 Å². The number of likely N-dealkylation sites (N-methyl/N-ethyl adjacent to an activating group) is 1. The zero-order valence-corrected chi connectivity index (χ0v) is 12.8. The van der Waals surface area contributed by atoms with Crippen LogP contribution in [0, 0.1) is 6.92 Å². The molecule has 0 aliphatic carbocycles. The Hall–Kier alpha value is -0.620. The molecule has 0 unspecified atom stereocenters. The van der Waals surface area contributed by atoms with Gasteiger partial charge in [0, 0.05) is 19.1 Å². The Kier molecular flexibility index (Phi) is 4.50. The Morgan fingerprint density at radius 3 is 2.89 bits per heavy atom. The first-order valence-corrected chi connectivity index (χ1v) is 8.21. The average Bonchev–Trinajstić information content (AvgIpc) is 2.81. The van der Waals surface area contributed by atoms with E-state index in [2.05, 4.69) is 5.32 Å². The number of sulfonamides is 1. The van der Waals surface area contributed by atoms with Crippen LogP contribution in [0.2, 0.25) is 5.02 Å². The normalized spacial score (nSPS) is 20.9. The third-order valence-electron chi connectivity index (χ3n) is 3.44. The van der Waals surface area contributed by atoms with Gasteiger partial charge in [-0.15, -0.1) is 0 Å². The van der Waals surface area contributed by atoms with Crippen LogP contribution in [-0.2, 0) is 10.0 Å². The molecular weight excluding hydrogens is 284 g/mol. The predicted octanol–water partition coefficient (Wildman–Crippen LogP) is 2.02. The fraction of sp³-hybridized carbons (Fsp3) is 0.538. The quantitative estimate of drug-likeness (QED) is 0.926. The Balaban J connectivity index is 2.39. The Bertz CT molecular complexity index is 560. The fourth-order valence-corrected chi connectivity index (χ4v) is 4.75. The highest BCUT2D eigenvalue weighted by molar-refractivity contribution is 7.89. The second-order valence-corrected chi connectivity index (χ2v) is 7.17. The Morgan fingerprint density at radius 1 is 1.47 bits per heavy atom. The second kappa shape index (κ2) is 5.79. The summed E-state index contributed by atoms with van der Waals surface area (Å²) < 4.78 is 27.0. The molecule has 1 fully saturated rings. The zero-order chi connectivity index (χ0) is 14.0. The van der Waals surface area contributed by atoms with E-state index in [1.165, 1.54) is 0 Å². The molecule has 0 radical (unpaired) electrons. The van der Waals surface area contributed by atoms with Gasteiger partial charge >= 0.3 is 0 Å². The molecule has 1 heterocycles. The van der Waals surface area contributed by atoms with Crippen LogP contribution in [-0.4, -0.2) is 38.9 Å². The van der Waals surface area contributed by atoms with E-state index in [9.17, 15) is 8.42 Å². The van der Waals surface area contributed by atoms with Crippen molar-refractivity contribution in [2.24, 2.45) is 0 Å². The number of nitrogens with one attached hydrogen (secondary N) is 1. The first kappa shape index (κ1) is 14.8. The molecule has 4 nitrogen and oxygen atoms in total. The molecule has 1 aliphatic heterocycles. The van der Waals surface area contributed by atoms with Crippen LogP contribution in [0.15, 0.2) is 23.1 Å². The number of aryl methyl sites for hydroxylation is 1. The molecule has 1 N–H and O–H groups in total. The number of benzene rings is 1. The van der Waals surface area contributed by atoms with E-state index in [0.717, 1.165) is 18.4 Å². The Labute approximate surface area is 119 Å². The van der Waals surface area contributed by atoms with Crippen molar-refractivity contribution >= 4 is 21.6 Å². The lowest BCUT2D eigenvalue weighted by atomic mass is 10.2. The van der Waals surface area contributed by atoms with Crippen molar-refractivity contribution in [3.63, 3.8) is 0 Å². The molecule has 106 valence electrons. The highest BCUT2D eigenvalue weighted by Gasteiger charge is 2.35. The van der Waals surface area contributed by atoms with Gasteiger partial charge in [0.2, 0.25) is 10.0 Å². The van der Waals surface area contributed by atoms with E-state index >= 15 is 0 Å². The molecule has 1 aromatic rings. The van der Waals surface area contributed by atoms with Gasteiger partial charge in [-0.25, -0.2) is 8.42 Å². The average molecular weight is 303 g/mol. The van der Waals surface area contributed by atoms with E-state index in [-0.39, 0.29) is 10.9 Å². The molecular formula is C13H19ClN2O2S. The van der Waals surface area contributed by atoms with Crippen molar-refractivity contribution in [2.45, 2.75) is 30.7 Å². The van der Waals surface area contributed by atoms with Gasteiger partial charge in [0.25, 0.3) is 0 Å². The highest BCUT2D eigenvalue weighted by Crippen LogP contribution is 2.30. The van der Waals surface area contributed by atoms with E-state index in [1.807, 2.05) is 20.0 Å². The summed E-state index contributed by atoms with van der Waals surface area (Å²) in [4.78, 5) is 0.220. The summed E-state index contributed by atoms with van der Waals surface area (Å²) in [6, 6.07) is 5.13. The van der Waals surface area contributed by atoms with Crippen molar-refractivity contribution in [1.29, 1.82) is 0 Å². The van der Waals surface area contributed by atoms with Crippen LogP contribution in [0.4, 0.5) is 0 Å². The summed E-state index contributed by atoms with van der Waals surface area (Å²) in [6.45, 7) is 3.10. The molecule has 1 aliphatic rings. The summed E-state index contributed by atoms with van der Waals surface area (Å²) in [5.41, 5.74) is 0.896. The standard InChI is InChI=1S/C13H19ClN2O2S/c1-10-5-6-12(14)13(8-10)19(17,18)16-7-3-4-11(16)9-15-2/h5-6,8,11,15H,3-4,7,9H2,1-2H3/t11-/m1/s1. The number of rotatable bonds is 4. The second-order valence-electron chi connectivity index (χ2n) is 4.90. The molecule has 0 spiro atoms. The van der Waals surface area contributed by atoms with Gasteiger partial charge in [-0.2, -0.15) is 4.31 Å². The van der Waals surface area contributed by atoms with Crippen molar-refractivity contribution in [3.05, 3.63) is 28.8 Å². The molecule has 0 amide bonds. The van der Waals surface area contributed by atoms with E-state index in [0.29, 0.717) is 18.1 Å². The number of hydrogen-bond donors (Lipinski definition) is 1. The first-order chi connectivity index (χ1) is 8.96. The molecule has 0 saturated carbocycles. The third kappa shape index (κ3) is 2.94. The minimum atomic E-state index is -3.50. The molecule has 6 heteroatoms. The highest BCUT2D eigenvalue weighted by atomic mass is 35.5. The van der Waals surface area contributed by atoms with E-state index in [4.69, 9.17) is 11.6 Å². The lowest BCUT2D eigenvalue weighted by molar-refractivity contribution is 0.379. The van der Waals surface area contributed by atoms with E-state index < -0.39 is 10.0 Å². The third-order valence-corrected chi connectivity index (χ3v) is 5.87. The lowest BCUT2D eigenvalue weighted by Gasteiger charge is -2.24. The van der Waals surface area contributed by atoms with Gasteiger partial charge in [-0.3, -0.25) is 0 Å². The zero-order valence-electron chi connectivity index (χ0n) is 11.2. The van der Waals surface area contributed by atoms with Crippen LogP contribution < -0.4 is 5.32 Å². The molecule has 2 rings (SSSR count). The molecule has 1 saturated heterocycles. The summed E-state index contributed by atoms with van der Waals surface area (Å²) in [5, 5.41) is 3.34. The summed E-state index contributed by atoms with van der Waals surface area (Å²) in [5.74, 6) is 0. The van der Waals surface area contributed by atoms with Gasteiger partial charge in [-0.1, -0.05) is 17.7 Å².